The van der Waals surface area contributed by atoms with Crippen molar-refractivity contribution in [2.24, 2.45) is 0 Å². The Hall–Kier alpha value is -3.19. The molecule has 2 amide bonds. The van der Waals surface area contributed by atoms with Crippen molar-refractivity contribution >= 4 is 28.3 Å². The highest BCUT2D eigenvalue weighted by molar-refractivity contribution is 7.14. The van der Waals surface area contributed by atoms with Crippen LogP contribution in [-0.4, -0.2) is 23.4 Å². The number of aromatic nitrogens is 1. The Kier molecular flexibility index (Phi) is 6.61. The summed E-state index contributed by atoms with van der Waals surface area (Å²) in [5, 5.41) is 8.04. The fourth-order valence-electron chi connectivity index (χ4n) is 2.80. The van der Waals surface area contributed by atoms with Gasteiger partial charge in [-0.05, 0) is 37.1 Å². The zero-order valence-corrected chi connectivity index (χ0v) is 17.4. The van der Waals surface area contributed by atoms with Gasteiger partial charge in [0.05, 0.1) is 11.7 Å². The van der Waals surface area contributed by atoms with Gasteiger partial charge in [0.25, 0.3) is 5.91 Å². The summed E-state index contributed by atoms with van der Waals surface area (Å²) >= 11 is 1.36. The third kappa shape index (κ3) is 5.89. The lowest BCUT2D eigenvalue weighted by atomic mass is 10.1. The number of ether oxygens (including phenoxy) is 1. The first-order valence-corrected chi connectivity index (χ1v) is 10.1. The number of nitrogens with one attached hydrogen (secondary N) is 2. The van der Waals surface area contributed by atoms with Crippen molar-refractivity contribution in [1.82, 2.24) is 10.3 Å². The number of rotatable bonds is 7. The fourth-order valence-corrected chi connectivity index (χ4v) is 3.54. The summed E-state index contributed by atoms with van der Waals surface area (Å²) in [5.41, 5.74) is 3.81. The van der Waals surface area contributed by atoms with Crippen LogP contribution in [0.4, 0.5) is 5.13 Å². The maximum atomic E-state index is 12.1. The lowest BCUT2D eigenvalue weighted by Gasteiger charge is -2.13. The summed E-state index contributed by atoms with van der Waals surface area (Å²) in [4.78, 5) is 27.8. The molecule has 7 heteroatoms. The van der Waals surface area contributed by atoms with Gasteiger partial charge in [-0.2, -0.15) is 0 Å². The highest BCUT2D eigenvalue weighted by Gasteiger charge is 2.11. The van der Waals surface area contributed by atoms with Gasteiger partial charge >= 0.3 is 0 Å². The molecule has 0 radical (unpaired) electrons. The van der Waals surface area contributed by atoms with Crippen molar-refractivity contribution in [3.63, 3.8) is 0 Å². The molecule has 29 heavy (non-hydrogen) atoms. The van der Waals surface area contributed by atoms with E-state index in [-0.39, 0.29) is 24.5 Å². The minimum Gasteiger partial charge on any atom is -0.484 e. The zero-order chi connectivity index (χ0) is 20.8. The second kappa shape index (κ2) is 9.34. The van der Waals surface area contributed by atoms with Crippen molar-refractivity contribution in [3.05, 3.63) is 65.0 Å². The van der Waals surface area contributed by atoms with E-state index in [1.807, 2.05) is 67.8 Å². The molecule has 150 valence electrons. The number of thiazole rings is 1. The van der Waals surface area contributed by atoms with Crippen LogP contribution in [0, 0.1) is 6.92 Å². The van der Waals surface area contributed by atoms with E-state index < -0.39 is 0 Å². The number of amides is 2. The van der Waals surface area contributed by atoms with E-state index in [2.05, 4.69) is 15.6 Å². The molecule has 1 atom stereocenters. The first-order valence-electron chi connectivity index (χ1n) is 9.23. The smallest absolute Gasteiger partial charge is 0.264 e. The predicted molar refractivity (Wildman–Crippen MR) is 115 cm³/mol. The van der Waals surface area contributed by atoms with E-state index in [9.17, 15) is 9.59 Å². The number of benzene rings is 2. The molecule has 6 nitrogen and oxygen atoms in total. The van der Waals surface area contributed by atoms with Crippen molar-refractivity contribution in [1.29, 1.82) is 0 Å². The second-order valence-electron chi connectivity index (χ2n) is 6.74. The summed E-state index contributed by atoms with van der Waals surface area (Å²) in [6.45, 7) is 5.33. The van der Waals surface area contributed by atoms with Crippen LogP contribution in [0.5, 0.6) is 5.75 Å². The number of hydrogen-bond acceptors (Lipinski definition) is 5. The van der Waals surface area contributed by atoms with Gasteiger partial charge < -0.3 is 10.1 Å². The molecule has 0 saturated heterocycles. The van der Waals surface area contributed by atoms with Gasteiger partial charge in [0.1, 0.15) is 5.75 Å². The Labute approximate surface area is 173 Å². The molecule has 3 rings (SSSR count). The van der Waals surface area contributed by atoms with Gasteiger partial charge in [0.2, 0.25) is 5.91 Å². The Bertz CT molecular complexity index is 999. The lowest BCUT2D eigenvalue weighted by molar-refractivity contribution is -0.119. The molecule has 0 aliphatic rings. The zero-order valence-electron chi connectivity index (χ0n) is 16.6. The third-order valence-electron chi connectivity index (χ3n) is 4.24. The van der Waals surface area contributed by atoms with Crippen molar-refractivity contribution in [3.8, 4) is 17.0 Å². The van der Waals surface area contributed by atoms with Crippen molar-refractivity contribution < 1.29 is 14.3 Å². The SMILES string of the molecule is CC(=O)NC(C)c1ccc(-c2csc(NC(=O)COc3cccc(C)c3)n2)cc1. The van der Waals surface area contributed by atoms with Crippen LogP contribution in [-0.2, 0) is 9.59 Å². The molecular weight excluding hydrogens is 386 g/mol. The first-order chi connectivity index (χ1) is 13.9. The highest BCUT2D eigenvalue weighted by Crippen LogP contribution is 2.26. The minimum absolute atomic E-state index is 0.0553. The molecule has 1 unspecified atom stereocenters. The van der Waals surface area contributed by atoms with Crippen LogP contribution in [0.15, 0.2) is 53.9 Å². The Morgan fingerprint density at radius 3 is 2.62 bits per heavy atom. The first kappa shape index (κ1) is 20.5. The summed E-state index contributed by atoms with van der Waals surface area (Å²) in [5.74, 6) is 0.341. The van der Waals surface area contributed by atoms with E-state index in [4.69, 9.17) is 4.74 Å². The number of anilines is 1. The lowest BCUT2D eigenvalue weighted by Crippen LogP contribution is -2.23. The van der Waals surface area contributed by atoms with Crippen LogP contribution in [0.1, 0.15) is 31.0 Å². The molecule has 1 heterocycles. The normalized spacial score (nSPS) is 11.6. The van der Waals surface area contributed by atoms with Gasteiger partial charge in [-0.1, -0.05) is 36.4 Å². The monoisotopic (exact) mass is 409 g/mol. The molecular formula is C22H23N3O3S. The Morgan fingerprint density at radius 2 is 1.93 bits per heavy atom. The van der Waals surface area contributed by atoms with Crippen LogP contribution in [0.25, 0.3) is 11.3 Å². The maximum absolute atomic E-state index is 12.1. The van der Waals surface area contributed by atoms with E-state index in [1.165, 1.54) is 18.3 Å². The topological polar surface area (TPSA) is 80.3 Å². The highest BCUT2D eigenvalue weighted by atomic mass is 32.1. The molecule has 3 aromatic rings. The third-order valence-corrected chi connectivity index (χ3v) is 4.99. The number of nitrogens with zero attached hydrogens (tertiary/aromatic N) is 1. The fraction of sp³-hybridized carbons (Fsp3) is 0.227. The molecule has 0 aliphatic heterocycles. The average Bonchev–Trinajstić information content (AvgIpc) is 3.14. The molecule has 2 N–H and O–H groups in total. The van der Waals surface area contributed by atoms with Crippen LogP contribution in [0.3, 0.4) is 0 Å². The van der Waals surface area contributed by atoms with Gasteiger partial charge in [-0.25, -0.2) is 4.98 Å². The Balaban J connectivity index is 1.57. The molecule has 1 aromatic heterocycles. The summed E-state index contributed by atoms with van der Waals surface area (Å²) in [7, 11) is 0. The maximum Gasteiger partial charge on any atom is 0.264 e. The van der Waals surface area contributed by atoms with E-state index in [1.54, 1.807) is 0 Å². The summed E-state index contributed by atoms with van der Waals surface area (Å²) in [6.07, 6.45) is 0. The summed E-state index contributed by atoms with van der Waals surface area (Å²) < 4.78 is 5.51. The van der Waals surface area contributed by atoms with E-state index in [0.29, 0.717) is 10.9 Å². The van der Waals surface area contributed by atoms with Crippen LogP contribution >= 0.6 is 11.3 Å². The quantitative estimate of drug-likeness (QED) is 0.609. The summed E-state index contributed by atoms with van der Waals surface area (Å²) in [6, 6.07) is 15.3. The Morgan fingerprint density at radius 1 is 1.17 bits per heavy atom. The van der Waals surface area contributed by atoms with Crippen LogP contribution in [0.2, 0.25) is 0 Å². The minimum atomic E-state index is -0.258. The van der Waals surface area contributed by atoms with Gasteiger partial charge in [0.15, 0.2) is 11.7 Å². The largest absolute Gasteiger partial charge is 0.484 e. The van der Waals surface area contributed by atoms with E-state index in [0.717, 1.165) is 22.4 Å². The number of carbonyl (C=O) groups is 2. The van der Waals surface area contributed by atoms with Crippen molar-refractivity contribution in [2.75, 3.05) is 11.9 Å². The molecule has 2 aromatic carbocycles. The molecule has 0 aliphatic carbocycles. The standard InChI is InChI=1S/C22H23N3O3S/c1-14-5-4-6-19(11-14)28-12-21(27)25-22-24-20(13-29-22)18-9-7-17(8-10-18)15(2)23-16(3)26/h4-11,13,15H,12H2,1-3H3,(H,23,26)(H,24,25,27). The number of aryl methyl sites for hydroxylation is 1. The van der Waals surface area contributed by atoms with Crippen molar-refractivity contribution in [2.45, 2.75) is 26.8 Å². The molecule has 0 saturated carbocycles. The predicted octanol–water partition coefficient (Wildman–Crippen LogP) is 4.33. The number of hydrogen-bond donors (Lipinski definition) is 2. The molecule has 0 fully saturated rings. The number of carbonyl (C=O) groups excluding carboxylic acids is 2. The molecule has 0 spiro atoms. The second-order valence-corrected chi connectivity index (χ2v) is 7.59. The van der Waals surface area contributed by atoms with Gasteiger partial charge in [-0.3, -0.25) is 14.9 Å². The molecule has 0 bridgehead atoms. The van der Waals surface area contributed by atoms with Gasteiger partial charge in [0, 0.05) is 17.9 Å². The average molecular weight is 410 g/mol. The van der Waals surface area contributed by atoms with E-state index >= 15 is 0 Å². The van der Waals surface area contributed by atoms with Gasteiger partial charge in [-0.15, -0.1) is 11.3 Å². The van der Waals surface area contributed by atoms with Crippen LogP contribution < -0.4 is 15.4 Å².